The Morgan fingerprint density at radius 3 is 2.60 bits per heavy atom. The van der Waals surface area contributed by atoms with E-state index in [-0.39, 0.29) is 6.04 Å². The van der Waals surface area contributed by atoms with E-state index in [9.17, 15) is 8.42 Å². The summed E-state index contributed by atoms with van der Waals surface area (Å²) in [5.41, 5.74) is 2.14. The van der Waals surface area contributed by atoms with Gasteiger partial charge in [-0.3, -0.25) is 5.10 Å². The van der Waals surface area contributed by atoms with E-state index in [4.69, 9.17) is 0 Å². The first-order valence-corrected chi connectivity index (χ1v) is 10.4. The van der Waals surface area contributed by atoms with Gasteiger partial charge in [-0.15, -0.1) is 0 Å². The number of H-pyrrole nitrogens is 1. The van der Waals surface area contributed by atoms with Crippen molar-refractivity contribution in [2.75, 3.05) is 11.9 Å². The molecule has 0 spiro atoms. The van der Waals surface area contributed by atoms with Gasteiger partial charge in [0.05, 0.1) is 16.5 Å². The maximum atomic E-state index is 12.3. The van der Waals surface area contributed by atoms with E-state index in [1.54, 1.807) is 20.8 Å². The highest BCUT2D eigenvalue weighted by Crippen LogP contribution is 2.27. The molecule has 1 saturated carbocycles. The summed E-state index contributed by atoms with van der Waals surface area (Å²) in [6.07, 6.45) is 5.72. The van der Waals surface area contributed by atoms with Crippen LogP contribution < -0.4 is 10.0 Å². The van der Waals surface area contributed by atoms with Crippen LogP contribution in [0, 0.1) is 5.92 Å². The molecular formula is C18H28N4O2S. The van der Waals surface area contributed by atoms with Crippen LogP contribution in [0.15, 0.2) is 24.4 Å². The maximum absolute atomic E-state index is 12.3. The molecule has 0 saturated heterocycles. The Morgan fingerprint density at radius 1 is 1.20 bits per heavy atom. The summed E-state index contributed by atoms with van der Waals surface area (Å²) < 4.78 is 26.7. The van der Waals surface area contributed by atoms with Gasteiger partial charge in [0.25, 0.3) is 0 Å². The van der Waals surface area contributed by atoms with Gasteiger partial charge < -0.3 is 5.32 Å². The number of sulfonamides is 1. The minimum absolute atomic E-state index is 0.0720. The molecule has 3 N–H and O–H groups in total. The van der Waals surface area contributed by atoms with Crippen LogP contribution in [-0.4, -0.2) is 35.9 Å². The summed E-state index contributed by atoms with van der Waals surface area (Å²) >= 11 is 0. The Kier molecular flexibility index (Phi) is 5.06. The molecule has 1 heterocycles. The van der Waals surface area contributed by atoms with Gasteiger partial charge >= 0.3 is 0 Å². The van der Waals surface area contributed by atoms with Crippen LogP contribution in [0.25, 0.3) is 10.9 Å². The highest BCUT2D eigenvalue weighted by molar-refractivity contribution is 7.90. The van der Waals surface area contributed by atoms with Crippen molar-refractivity contribution in [3.05, 3.63) is 24.4 Å². The maximum Gasteiger partial charge on any atom is 0.216 e. The van der Waals surface area contributed by atoms with Crippen molar-refractivity contribution in [2.45, 2.75) is 57.2 Å². The Hall–Kier alpha value is -1.60. The van der Waals surface area contributed by atoms with Crippen molar-refractivity contribution in [1.29, 1.82) is 0 Å². The first kappa shape index (κ1) is 18.2. The molecule has 2 aromatic rings. The van der Waals surface area contributed by atoms with Crippen molar-refractivity contribution < 1.29 is 8.42 Å². The predicted octanol–water partition coefficient (Wildman–Crippen LogP) is 3.25. The number of nitrogens with one attached hydrogen (secondary N) is 3. The van der Waals surface area contributed by atoms with Crippen LogP contribution in [0.1, 0.15) is 46.5 Å². The van der Waals surface area contributed by atoms with Gasteiger partial charge in [-0.25, -0.2) is 13.1 Å². The topological polar surface area (TPSA) is 86.9 Å². The fourth-order valence-electron chi connectivity index (χ4n) is 3.20. The highest BCUT2D eigenvalue weighted by Gasteiger charge is 2.32. The summed E-state index contributed by atoms with van der Waals surface area (Å²) in [5.74, 6) is 0.579. The second-order valence-corrected chi connectivity index (χ2v) is 10.5. The van der Waals surface area contributed by atoms with Crippen LogP contribution in [0.5, 0.6) is 0 Å². The molecule has 7 heteroatoms. The van der Waals surface area contributed by atoms with Gasteiger partial charge in [0.2, 0.25) is 10.0 Å². The summed E-state index contributed by atoms with van der Waals surface area (Å²) in [4.78, 5) is 0. The standard InChI is InChI=1S/C18H28N4O2S/c1-18(2,3)25(23,24)22-15-6-4-13(5-7-15)11-19-16-8-9-17-14(10-16)12-20-21-17/h8-10,12-13,15,19,22H,4-7,11H2,1-3H3,(H,20,21). The highest BCUT2D eigenvalue weighted by atomic mass is 32.2. The van der Waals surface area contributed by atoms with E-state index in [0.29, 0.717) is 5.92 Å². The zero-order valence-corrected chi connectivity index (χ0v) is 16.0. The smallest absolute Gasteiger partial charge is 0.216 e. The zero-order chi connectivity index (χ0) is 18.1. The SMILES string of the molecule is CC(C)(C)S(=O)(=O)NC1CCC(CNc2ccc3[nH]ncc3c2)CC1. The lowest BCUT2D eigenvalue weighted by molar-refractivity contribution is 0.322. The van der Waals surface area contributed by atoms with Crippen LogP contribution in [0.2, 0.25) is 0 Å². The van der Waals surface area contributed by atoms with Crippen LogP contribution in [0.4, 0.5) is 5.69 Å². The van der Waals surface area contributed by atoms with E-state index < -0.39 is 14.8 Å². The molecular weight excluding hydrogens is 336 g/mol. The third-order valence-electron chi connectivity index (χ3n) is 5.01. The second-order valence-electron chi connectivity index (χ2n) is 8.00. The molecule has 1 aliphatic carbocycles. The number of anilines is 1. The molecule has 0 bridgehead atoms. The molecule has 0 atom stereocenters. The van der Waals surface area contributed by atoms with Crippen LogP contribution in [0.3, 0.4) is 0 Å². The number of hydrogen-bond donors (Lipinski definition) is 3. The van der Waals surface area contributed by atoms with E-state index in [1.165, 1.54) is 0 Å². The Balaban J connectivity index is 1.48. The number of aromatic amines is 1. The Bertz CT molecular complexity index is 815. The lowest BCUT2D eigenvalue weighted by Crippen LogP contribution is -2.46. The molecule has 1 aromatic heterocycles. The number of benzene rings is 1. The van der Waals surface area contributed by atoms with Crippen LogP contribution in [-0.2, 0) is 10.0 Å². The van der Waals surface area contributed by atoms with Crippen molar-refractivity contribution >= 4 is 26.6 Å². The Labute approximate surface area is 149 Å². The normalized spacial score (nSPS) is 22.2. The molecule has 0 radical (unpaired) electrons. The molecule has 1 aliphatic rings. The van der Waals surface area contributed by atoms with Crippen molar-refractivity contribution in [3.63, 3.8) is 0 Å². The lowest BCUT2D eigenvalue weighted by Gasteiger charge is -2.31. The zero-order valence-electron chi connectivity index (χ0n) is 15.2. The fourth-order valence-corrected chi connectivity index (χ4v) is 4.22. The van der Waals surface area contributed by atoms with Crippen molar-refractivity contribution in [2.24, 2.45) is 5.92 Å². The average molecular weight is 365 g/mol. The molecule has 1 fully saturated rings. The number of rotatable bonds is 5. The number of aromatic nitrogens is 2. The Morgan fingerprint density at radius 2 is 1.92 bits per heavy atom. The summed E-state index contributed by atoms with van der Waals surface area (Å²) in [6, 6.07) is 6.26. The lowest BCUT2D eigenvalue weighted by atomic mass is 9.86. The molecule has 0 unspecified atom stereocenters. The summed E-state index contributed by atoms with van der Waals surface area (Å²) in [6.45, 7) is 6.13. The molecule has 25 heavy (non-hydrogen) atoms. The first-order chi connectivity index (χ1) is 11.7. The first-order valence-electron chi connectivity index (χ1n) is 8.93. The van der Waals surface area contributed by atoms with Gasteiger partial charge in [-0.1, -0.05) is 0 Å². The fraction of sp³-hybridized carbons (Fsp3) is 0.611. The summed E-state index contributed by atoms with van der Waals surface area (Å²) in [5, 5.41) is 11.6. The molecule has 0 amide bonds. The van der Waals surface area contributed by atoms with Crippen LogP contribution >= 0.6 is 0 Å². The van der Waals surface area contributed by atoms with E-state index in [1.807, 2.05) is 12.3 Å². The number of hydrogen-bond acceptors (Lipinski definition) is 4. The molecule has 3 rings (SSSR count). The minimum Gasteiger partial charge on any atom is -0.385 e. The predicted molar refractivity (Wildman–Crippen MR) is 102 cm³/mol. The quantitative estimate of drug-likeness (QED) is 0.760. The molecule has 0 aliphatic heterocycles. The van der Waals surface area contributed by atoms with E-state index in [2.05, 4.69) is 32.4 Å². The minimum atomic E-state index is -3.26. The molecule has 6 nitrogen and oxygen atoms in total. The molecule has 1 aromatic carbocycles. The average Bonchev–Trinajstić information content (AvgIpc) is 3.00. The van der Waals surface area contributed by atoms with Gasteiger partial charge in [-0.05, 0) is 70.6 Å². The second kappa shape index (κ2) is 6.96. The van der Waals surface area contributed by atoms with Gasteiger partial charge in [0.15, 0.2) is 0 Å². The van der Waals surface area contributed by atoms with Crippen molar-refractivity contribution in [3.8, 4) is 0 Å². The van der Waals surface area contributed by atoms with E-state index >= 15 is 0 Å². The number of nitrogens with zero attached hydrogens (tertiary/aromatic N) is 1. The third-order valence-corrected chi connectivity index (χ3v) is 7.27. The summed E-state index contributed by atoms with van der Waals surface area (Å²) in [7, 11) is -3.26. The van der Waals surface area contributed by atoms with Gasteiger partial charge in [0, 0.05) is 23.7 Å². The third kappa shape index (κ3) is 4.33. The van der Waals surface area contributed by atoms with Gasteiger partial charge in [-0.2, -0.15) is 5.10 Å². The van der Waals surface area contributed by atoms with E-state index in [0.717, 1.165) is 48.8 Å². The molecule has 138 valence electrons. The largest absolute Gasteiger partial charge is 0.385 e. The van der Waals surface area contributed by atoms with Crippen molar-refractivity contribution in [1.82, 2.24) is 14.9 Å². The van der Waals surface area contributed by atoms with Gasteiger partial charge in [0.1, 0.15) is 0 Å². The monoisotopic (exact) mass is 364 g/mol. The number of fused-ring (bicyclic) bond motifs is 1.